The highest BCUT2D eigenvalue weighted by Gasteiger charge is 2.20. The van der Waals surface area contributed by atoms with Crippen LogP contribution in [-0.2, 0) is 10.0 Å². The van der Waals surface area contributed by atoms with Crippen molar-refractivity contribution < 1.29 is 8.42 Å². The van der Waals surface area contributed by atoms with Gasteiger partial charge in [-0.05, 0) is 12.6 Å². The molecule has 5 nitrogen and oxygen atoms in total. The molecule has 0 bridgehead atoms. The van der Waals surface area contributed by atoms with Crippen molar-refractivity contribution in [1.29, 1.82) is 0 Å². The number of rotatable bonds is 3. The van der Waals surface area contributed by atoms with Gasteiger partial charge < -0.3 is 11.1 Å². The number of nitrogens with zero attached hydrogens (tertiary/aromatic N) is 1. The Hall–Kier alpha value is -0.880. The first-order valence-electron chi connectivity index (χ1n) is 3.58. The zero-order valence-electron chi connectivity index (χ0n) is 6.74. The lowest BCUT2D eigenvalue weighted by molar-refractivity contribution is 0.604. The van der Waals surface area contributed by atoms with Crippen molar-refractivity contribution in [2.24, 2.45) is 10.1 Å². The van der Waals surface area contributed by atoms with E-state index in [-0.39, 0.29) is 5.03 Å². The van der Waals surface area contributed by atoms with E-state index >= 15 is 0 Å². The standard InChI is InChI=1S/C6H11N3O2S/c1-2-8-4-5-3-6(7)12(10,11)9-5/h3,8H,2,4,7H2,1H3. The van der Waals surface area contributed by atoms with E-state index in [2.05, 4.69) is 9.71 Å². The summed E-state index contributed by atoms with van der Waals surface area (Å²) < 4.78 is 25.3. The first-order chi connectivity index (χ1) is 5.56. The predicted octanol–water partition coefficient (Wildman–Crippen LogP) is -0.820. The van der Waals surface area contributed by atoms with E-state index in [1.807, 2.05) is 6.92 Å². The quantitative estimate of drug-likeness (QED) is 0.607. The van der Waals surface area contributed by atoms with Crippen molar-refractivity contribution in [1.82, 2.24) is 5.32 Å². The Morgan fingerprint density at radius 1 is 1.67 bits per heavy atom. The molecule has 0 aliphatic carbocycles. The fourth-order valence-corrected chi connectivity index (χ4v) is 1.62. The van der Waals surface area contributed by atoms with Gasteiger partial charge in [-0.25, -0.2) is 0 Å². The Balaban J connectivity index is 2.73. The fraction of sp³-hybridized carbons (Fsp3) is 0.500. The third-order valence-corrected chi connectivity index (χ3v) is 2.59. The van der Waals surface area contributed by atoms with Crippen molar-refractivity contribution >= 4 is 15.7 Å². The highest BCUT2D eigenvalue weighted by Crippen LogP contribution is 2.10. The molecule has 0 spiro atoms. The Kier molecular flexibility index (Phi) is 2.49. The van der Waals surface area contributed by atoms with E-state index in [0.717, 1.165) is 6.54 Å². The molecule has 0 radical (unpaired) electrons. The minimum absolute atomic E-state index is 0.171. The van der Waals surface area contributed by atoms with Gasteiger partial charge in [-0.3, -0.25) is 0 Å². The molecule has 0 fully saturated rings. The molecule has 0 aromatic carbocycles. The first-order valence-corrected chi connectivity index (χ1v) is 5.02. The molecule has 1 heterocycles. The fourth-order valence-electron chi connectivity index (χ4n) is 0.808. The summed E-state index contributed by atoms with van der Waals surface area (Å²) in [5.41, 5.74) is 5.67. The highest BCUT2D eigenvalue weighted by atomic mass is 32.2. The zero-order valence-corrected chi connectivity index (χ0v) is 7.56. The Bertz CT molecular complexity index is 329. The largest absolute Gasteiger partial charge is 0.388 e. The molecule has 1 rings (SSSR count). The molecule has 0 amide bonds. The molecule has 0 aromatic rings. The van der Waals surface area contributed by atoms with Crippen LogP contribution in [-0.4, -0.2) is 27.2 Å². The minimum atomic E-state index is -3.52. The van der Waals surface area contributed by atoms with Gasteiger partial charge in [0.05, 0.1) is 5.71 Å². The molecule has 0 saturated heterocycles. The SMILES string of the molecule is CCNCC1=NS(=O)(=O)C(N)=C1. The van der Waals surface area contributed by atoms with Crippen molar-refractivity contribution in [3.63, 3.8) is 0 Å². The Morgan fingerprint density at radius 3 is 2.75 bits per heavy atom. The summed E-state index contributed by atoms with van der Waals surface area (Å²) in [6.45, 7) is 3.14. The molecule has 3 N–H and O–H groups in total. The van der Waals surface area contributed by atoms with Gasteiger partial charge in [-0.2, -0.15) is 12.8 Å². The summed E-state index contributed by atoms with van der Waals surface area (Å²) >= 11 is 0. The van der Waals surface area contributed by atoms with Crippen molar-refractivity contribution in [2.45, 2.75) is 6.92 Å². The summed E-state index contributed by atoms with van der Waals surface area (Å²) in [6.07, 6.45) is 1.37. The summed E-state index contributed by atoms with van der Waals surface area (Å²) in [5, 5.41) is 2.78. The number of sulfonamides is 1. The van der Waals surface area contributed by atoms with Gasteiger partial charge >= 0.3 is 0 Å². The van der Waals surface area contributed by atoms with Crippen LogP contribution in [0.2, 0.25) is 0 Å². The zero-order chi connectivity index (χ0) is 9.19. The molecule has 68 valence electrons. The van der Waals surface area contributed by atoms with Crippen LogP contribution in [0.5, 0.6) is 0 Å². The second-order valence-electron chi connectivity index (χ2n) is 2.38. The van der Waals surface area contributed by atoms with Crippen LogP contribution in [0.4, 0.5) is 0 Å². The van der Waals surface area contributed by atoms with E-state index in [1.165, 1.54) is 6.08 Å². The molecule has 1 aliphatic heterocycles. The molecule has 0 aromatic heterocycles. The molecule has 12 heavy (non-hydrogen) atoms. The van der Waals surface area contributed by atoms with Crippen LogP contribution < -0.4 is 11.1 Å². The second kappa shape index (κ2) is 3.24. The average molecular weight is 189 g/mol. The van der Waals surface area contributed by atoms with Crippen molar-refractivity contribution in [3.8, 4) is 0 Å². The summed E-state index contributed by atoms with van der Waals surface area (Å²) in [7, 11) is -3.52. The van der Waals surface area contributed by atoms with Gasteiger partial charge in [0, 0.05) is 6.54 Å². The van der Waals surface area contributed by atoms with E-state index < -0.39 is 10.0 Å². The van der Waals surface area contributed by atoms with Crippen molar-refractivity contribution in [2.75, 3.05) is 13.1 Å². The van der Waals surface area contributed by atoms with Gasteiger partial charge in [-0.1, -0.05) is 6.92 Å². The van der Waals surface area contributed by atoms with Crippen LogP contribution in [0, 0.1) is 0 Å². The molecule has 0 unspecified atom stereocenters. The number of nitrogens with one attached hydrogen (secondary N) is 1. The highest BCUT2D eigenvalue weighted by molar-refractivity contribution is 7.94. The van der Waals surface area contributed by atoms with Crippen LogP contribution in [0.3, 0.4) is 0 Å². The Labute approximate surface area is 71.4 Å². The number of hydrogen-bond donors (Lipinski definition) is 2. The molecular formula is C6H11N3O2S. The maximum absolute atomic E-state index is 10.9. The lowest BCUT2D eigenvalue weighted by Crippen LogP contribution is -2.20. The Morgan fingerprint density at radius 2 is 2.33 bits per heavy atom. The third-order valence-electron chi connectivity index (χ3n) is 1.40. The summed E-state index contributed by atoms with van der Waals surface area (Å²) in [4.78, 5) is 0. The maximum atomic E-state index is 10.9. The second-order valence-corrected chi connectivity index (χ2v) is 3.99. The molecule has 0 atom stereocenters. The molecule has 1 aliphatic rings. The topological polar surface area (TPSA) is 84.5 Å². The van der Waals surface area contributed by atoms with E-state index in [9.17, 15) is 8.42 Å². The summed E-state index contributed by atoms with van der Waals surface area (Å²) in [6, 6.07) is 0. The van der Waals surface area contributed by atoms with E-state index in [4.69, 9.17) is 5.73 Å². The predicted molar refractivity (Wildman–Crippen MR) is 47.2 cm³/mol. The number of hydrogen-bond acceptors (Lipinski definition) is 4. The van der Waals surface area contributed by atoms with E-state index in [1.54, 1.807) is 0 Å². The van der Waals surface area contributed by atoms with Crippen LogP contribution >= 0.6 is 0 Å². The van der Waals surface area contributed by atoms with Gasteiger partial charge in [0.1, 0.15) is 0 Å². The monoisotopic (exact) mass is 189 g/mol. The van der Waals surface area contributed by atoms with E-state index in [0.29, 0.717) is 12.3 Å². The lowest BCUT2D eigenvalue weighted by atomic mass is 10.3. The third kappa shape index (κ3) is 1.83. The van der Waals surface area contributed by atoms with Gasteiger partial charge in [0.15, 0.2) is 5.03 Å². The summed E-state index contributed by atoms with van der Waals surface area (Å²) in [5.74, 6) is 0. The molecule has 0 saturated carbocycles. The average Bonchev–Trinajstić information content (AvgIpc) is 2.22. The van der Waals surface area contributed by atoms with Gasteiger partial charge in [0.2, 0.25) is 0 Å². The van der Waals surface area contributed by atoms with Gasteiger partial charge in [0.25, 0.3) is 10.0 Å². The first kappa shape index (κ1) is 9.21. The van der Waals surface area contributed by atoms with Gasteiger partial charge in [-0.15, -0.1) is 0 Å². The molecule has 6 heteroatoms. The smallest absolute Gasteiger partial charge is 0.297 e. The van der Waals surface area contributed by atoms with Crippen molar-refractivity contribution in [3.05, 3.63) is 11.1 Å². The minimum Gasteiger partial charge on any atom is -0.388 e. The maximum Gasteiger partial charge on any atom is 0.297 e. The van der Waals surface area contributed by atoms with Crippen LogP contribution in [0.25, 0.3) is 0 Å². The normalized spacial score (nSPS) is 20.4. The van der Waals surface area contributed by atoms with Crippen LogP contribution in [0.1, 0.15) is 6.92 Å². The molecular weight excluding hydrogens is 178 g/mol. The lowest BCUT2D eigenvalue weighted by Gasteiger charge is -1.95. The van der Waals surface area contributed by atoms with Crippen LogP contribution in [0.15, 0.2) is 15.5 Å². The number of nitrogens with two attached hydrogens (primary N) is 1.